The van der Waals surface area contributed by atoms with Crippen molar-refractivity contribution in [2.24, 2.45) is 0 Å². The molecule has 0 bridgehead atoms. The Balaban J connectivity index is 1.72. The lowest BCUT2D eigenvalue weighted by atomic mass is 9.96. The quantitative estimate of drug-likeness (QED) is 0.349. The van der Waals surface area contributed by atoms with Gasteiger partial charge in [-0.1, -0.05) is 30.3 Å². The number of benzene rings is 2. The Morgan fingerprint density at radius 2 is 1.65 bits per heavy atom. The first-order valence-corrected chi connectivity index (χ1v) is 11.8. The third kappa shape index (κ3) is 3.59. The van der Waals surface area contributed by atoms with Crippen LogP contribution < -0.4 is 10.2 Å². The van der Waals surface area contributed by atoms with E-state index in [0.29, 0.717) is 10.8 Å². The second kappa shape index (κ2) is 8.69. The first kappa shape index (κ1) is 22.3. The maximum atomic E-state index is 15.0. The molecule has 0 unspecified atom stereocenters. The largest absolute Gasteiger partial charge is 0.351 e. The molecule has 4 aromatic rings. The molecule has 0 spiro atoms. The van der Waals surface area contributed by atoms with Gasteiger partial charge in [0.25, 0.3) is 0 Å². The van der Waals surface area contributed by atoms with Gasteiger partial charge in [0.1, 0.15) is 5.82 Å². The van der Waals surface area contributed by atoms with Crippen LogP contribution >= 0.6 is 12.2 Å². The molecule has 0 radical (unpaired) electrons. The highest BCUT2D eigenvalue weighted by Gasteiger charge is 2.43. The van der Waals surface area contributed by atoms with Gasteiger partial charge >= 0.3 is 0 Å². The molecule has 6 heteroatoms. The van der Waals surface area contributed by atoms with Gasteiger partial charge in [0.05, 0.1) is 23.5 Å². The minimum Gasteiger partial charge on any atom is -0.351 e. The molecule has 1 N–H and O–H groups in total. The Labute approximate surface area is 205 Å². The molecule has 4 nitrogen and oxygen atoms in total. The fourth-order valence-corrected chi connectivity index (χ4v) is 5.35. The Kier molecular flexibility index (Phi) is 5.70. The number of thiocarbonyl (C=S) groups is 1. The van der Waals surface area contributed by atoms with E-state index in [2.05, 4.69) is 66.8 Å². The van der Waals surface area contributed by atoms with Crippen molar-refractivity contribution in [1.29, 1.82) is 0 Å². The number of halogens is 1. The van der Waals surface area contributed by atoms with Crippen molar-refractivity contribution in [3.8, 4) is 5.69 Å². The van der Waals surface area contributed by atoms with Crippen LogP contribution in [0.2, 0.25) is 0 Å². The fourth-order valence-electron chi connectivity index (χ4n) is 5.01. The number of anilines is 1. The normalized spacial score (nSPS) is 17.8. The molecule has 2 aromatic heterocycles. The minimum absolute atomic E-state index is 0.221. The Hall–Kier alpha value is -3.51. The average molecular weight is 471 g/mol. The van der Waals surface area contributed by atoms with E-state index in [1.54, 1.807) is 18.3 Å². The van der Waals surface area contributed by atoms with Crippen molar-refractivity contribution in [3.63, 3.8) is 0 Å². The molecular formula is C28H27FN4S. The first-order chi connectivity index (χ1) is 16.4. The van der Waals surface area contributed by atoms with Crippen LogP contribution in [-0.2, 0) is 0 Å². The van der Waals surface area contributed by atoms with Crippen LogP contribution in [0.25, 0.3) is 5.69 Å². The maximum absolute atomic E-state index is 15.0. The van der Waals surface area contributed by atoms with E-state index in [1.165, 1.54) is 17.2 Å². The highest BCUT2D eigenvalue weighted by molar-refractivity contribution is 7.80. The molecule has 0 saturated carbocycles. The summed E-state index contributed by atoms with van der Waals surface area (Å²) in [6, 6.07) is 20.7. The third-order valence-corrected chi connectivity index (χ3v) is 7.13. The van der Waals surface area contributed by atoms with Gasteiger partial charge in [-0.05, 0) is 93.0 Å². The van der Waals surface area contributed by atoms with Crippen LogP contribution in [0, 0.1) is 33.5 Å². The summed E-state index contributed by atoms with van der Waals surface area (Å²) in [6.07, 6.45) is 1.78. The predicted octanol–water partition coefficient (Wildman–Crippen LogP) is 6.42. The molecule has 2 atom stereocenters. The van der Waals surface area contributed by atoms with Gasteiger partial charge in [-0.25, -0.2) is 4.39 Å². The van der Waals surface area contributed by atoms with Crippen molar-refractivity contribution in [1.82, 2.24) is 14.9 Å². The molecule has 0 aliphatic carbocycles. The van der Waals surface area contributed by atoms with E-state index >= 15 is 4.39 Å². The molecule has 1 aliphatic rings. The molecule has 3 heterocycles. The maximum Gasteiger partial charge on any atom is 0.174 e. The van der Waals surface area contributed by atoms with Crippen molar-refractivity contribution < 1.29 is 4.39 Å². The van der Waals surface area contributed by atoms with Gasteiger partial charge in [0.2, 0.25) is 0 Å². The lowest BCUT2D eigenvalue weighted by Crippen LogP contribution is -2.30. The summed E-state index contributed by atoms with van der Waals surface area (Å²) < 4.78 is 17.3. The number of aryl methyl sites for hydroxylation is 2. The number of para-hydroxylation sites is 1. The number of nitrogens with zero attached hydrogens (tertiary/aromatic N) is 3. The summed E-state index contributed by atoms with van der Waals surface area (Å²) in [7, 11) is 0. The smallest absolute Gasteiger partial charge is 0.174 e. The monoisotopic (exact) mass is 470 g/mol. The molecule has 172 valence electrons. The zero-order chi connectivity index (χ0) is 24.0. The van der Waals surface area contributed by atoms with Crippen LogP contribution in [0.4, 0.5) is 10.1 Å². The standard InChI is InChI=1S/C28H27FN4S/c1-17-10-9-14-24(19(17)3)32-18(2)16-21(20(32)4)27-26(23-12-7-8-15-30-23)31-28(34)33(27)25-13-6-5-11-22(25)29/h5-16,26-27H,1-4H3,(H,31,34)/t26-,27+/m0/s1. The van der Waals surface area contributed by atoms with Gasteiger partial charge < -0.3 is 14.8 Å². The highest BCUT2D eigenvalue weighted by atomic mass is 32.1. The van der Waals surface area contributed by atoms with E-state index in [0.717, 1.165) is 28.3 Å². The zero-order valence-corrected chi connectivity index (χ0v) is 20.5. The number of hydrogen-bond donors (Lipinski definition) is 1. The SMILES string of the molecule is Cc1cccc(-n2c(C)cc([C@@H]3[C@H](c4ccccn4)NC(=S)N3c3ccccc3F)c2C)c1C. The van der Waals surface area contributed by atoms with Crippen molar-refractivity contribution >= 4 is 23.0 Å². The lowest BCUT2D eigenvalue weighted by Gasteiger charge is -2.28. The van der Waals surface area contributed by atoms with Crippen LogP contribution in [0.1, 0.15) is 45.9 Å². The Morgan fingerprint density at radius 3 is 2.38 bits per heavy atom. The Morgan fingerprint density at radius 1 is 0.912 bits per heavy atom. The Bertz CT molecular complexity index is 1380. The third-order valence-electron chi connectivity index (χ3n) is 6.82. The number of aromatic nitrogens is 2. The van der Waals surface area contributed by atoms with Gasteiger partial charge in [-0.2, -0.15) is 0 Å². The summed E-state index contributed by atoms with van der Waals surface area (Å²) >= 11 is 5.76. The summed E-state index contributed by atoms with van der Waals surface area (Å²) in [5, 5.41) is 3.92. The topological polar surface area (TPSA) is 33.1 Å². The first-order valence-electron chi connectivity index (χ1n) is 11.4. The molecule has 0 amide bonds. The van der Waals surface area contributed by atoms with Gasteiger partial charge in [-0.15, -0.1) is 0 Å². The van der Waals surface area contributed by atoms with Crippen molar-refractivity contribution in [2.45, 2.75) is 39.8 Å². The van der Waals surface area contributed by atoms with Crippen LogP contribution in [0.5, 0.6) is 0 Å². The number of hydrogen-bond acceptors (Lipinski definition) is 2. The van der Waals surface area contributed by atoms with Crippen LogP contribution in [0.3, 0.4) is 0 Å². The summed E-state index contributed by atoms with van der Waals surface area (Å²) in [5.41, 5.74) is 8.27. The molecule has 2 aromatic carbocycles. The van der Waals surface area contributed by atoms with E-state index < -0.39 is 0 Å². The summed E-state index contributed by atoms with van der Waals surface area (Å²) in [4.78, 5) is 6.52. The number of pyridine rings is 1. The van der Waals surface area contributed by atoms with Gasteiger partial charge in [0, 0.05) is 23.3 Å². The lowest BCUT2D eigenvalue weighted by molar-refractivity contribution is 0.556. The van der Waals surface area contributed by atoms with E-state index in [9.17, 15) is 0 Å². The molecule has 1 saturated heterocycles. The number of nitrogens with one attached hydrogen (secondary N) is 1. The molecule has 34 heavy (non-hydrogen) atoms. The van der Waals surface area contributed by atoms with Gasteiger partial charge in [0.15, 0.2) is 5.11 Å². The molecule has 1 aliphatic heterocycles. The summed E-state index contributed by atoms with van der Waals surface area (Å²) in [5.74, 6) is -0.304. The highest BCUT2D eigenvalue weighted by Crippen LogP contribution is 2.44. The molecule has 1 fully saturated rings. The van der Waals surface area contributed by atoms with E-state index in [4.69, 9.17) is 12.2 Å². The van der Waals surface area contributed by atoms with Gasteiger partial charge in [-0.3, -0.25) is 4.98 Å². The average Bonchev–Trinajstić information content (AvgIpc) is 3.32. The van der Waals surface area contributed by atoms with Crippen molar-refractivity contribution in [2.75, 3.05) is 4.90 Å². The van der Waals surface area contributed by atoms with E-state index in [-0.39, 0.29) is 17.9 Å². The molecule has 5 rings (SSSR count). The molecular weight excluding hydrogens is 443 g/mol. The van der Waals surface area contributed by atoms with Crippen molar-refractivity contribution in [3.05, 3.63) is 113 Å². The second-order valence-corrected chi connectivity index (χ2v) is 9.22. The zero-order valence-electron chi connectivity index (χ0n) is 19.7. The van der Waals surface area contributed by atoms with Crippen LogP contribution in [-0.4, -0.2) is 14.7 Å². The summed E-state index contributed by atoms with van der Waals surface area (Å²) in [6.45, 7) is 8.52. The predicted molar refractivity (Wildman–Crippen MR) is 139 cm³/mol. The number of rotatable bonds is 4. The van der Waals surface area contributed by atoms with E-state index in [1.807, 2.05) is 29.2 Å². The second-order valence-electron chi connectivity index (χ2n) is 8.83. The minimum atomic E-state index is -0.304. The fraction of sp³-hybridized carbons (Fsp3) is 0.214. The van der Waals surface area contributed by atoms with Crippen LogP contribution in [0.15, 0.2) is 72.9 Å².